The number of amides is 1. The molecule has 0 aliphatic heterocycles. The van der Waals surface area contributed by atoms with E-state index < -0.39 is 10.0 Å². The van der Waals surface area contributed by atoms with Crippen molar-refractivity contribution in [3.8, 4) is 5.75 Å². The molecule has 0 atom stereocenters. The zero-order valence-corrected chi connectivity index (χ0v) is 20.7. The highest BCUT2D eigenvalue weighted by molar-refractivity contribution is 7.92. The Labute approximate surface area is 211 Å². The molecule has 4 rings (SSSR count). The fourth-order valence-electron chi connectivity index (χ4n) is 3.51. The first-order valence-corrected chi connectivity index (χ1v) is 12.9. The third-order valence-corrected chi connectivity index (χ3v) is 7.27. The van der Waals surface area contributed by atoms with Gasteiger partial charge in [-0.05, 0) is 60.5 Å². The molecule has 0 aliphatic carbocycles. The summed E-state index contributed by atoms with van der Waals surface area (Å²) in [6.07, 6.45) is 3.36. The van der Waals surface area contributed by atoms with Crippen LogP contribution in [0.15, 0.2) is 108 Å². The van der Waals surface area contributed by atoms with Crippen LogP contribution >= 0.6 is 0 Å². The minimum absolute atomic E-state index is 0.158. The van der Waals surface area contributed by atoms with Crippen LogP contribution in [0.1, 0.15) is 16.7 Å². The number of nitrogens with zero attached hydrogens (tertiary/aromatic N) is 2. The second kappa shape index (κ2) is 11.5. The molecule has 1 heterocycles. The Morgan fingerprint density at radius 1 is 0.889 bits per heavy atom. The van der Waals surface area contributed by atoms with Gasteiger partial charge in [0.2, 0.25) is 0 Å². The van der Waals surface area contributed by atoms with E-state index in [2.05, 4.69) is 10.3 Å². The van der Waals surface area contributed by atoms with E-state index in [1.165, 1.54) is 4.31 Å². The average Bonchev–Trinajstić information content (AvgIpc) is 2.91. The van der Waals surface area contributed by atoms with Crippen molar-refractivity contribution in [3.63, 3.8) is 0 Å². The quantitative estimate of drug-likeness (QED) is 0.346. The van der Waals surface area contributed by atoms with Gasteiger partial charge in [-0.15, -0.1) is 0 Å². The van der Waals surface area contributed by atoms with E-state index in [1.54, 1.807) is 67.0 Å². The van der Waals surface area contributed by atoms with Crippen LogP contribution in [-0.2, 0) is 27.9 Å². The number of aryl methyl sites for hydroxylation is 1. The van der Waals surface area contributed by atoms with Gasteiger partial charge in [-0.2, -0.15) is 0 Å². The number of rotatable bonds is 10. The molecular weight excluding hydrogens is 474 g/mol. The second-order valence-electron chi connectivity index (χ2n) is 8.23. The van der Waals surface area contributed by atoms with Crippen LogP contribution < -0.4 is 14.4 Å². The number of carbonyl (C=O) groups excluding carboxylic acids is 1. The highest BCUT2D eigenvalue weighted by Crippen LogP contribution is 2.28. The standard InChI is InChI=1S/C28H27N3O4S/c1-22-9-15-27(16-10-22)36(33,34)31(20-23-6-3-2-4-7-23)25-11-13-26(14-12-25)35-21-28(32)30-19-24-8-5-17-29-18-24/h2-18H,19-21H2,1H3,(H,30,32). The summed E-state index contributed by atoms with van der Waals surface area (Å²) >= 11 is 0. The maximum Gasteiger partial charge on any atom is 0.264 e. The lowest BCUT2D eigenvalue weighted by Crippen LogP contribution is -2.30. The maximum atomic E-state index is 13.6. The number of benzene rings is 3. The van der Waals surface area contributed by atoms with Gasteiger partial charge in [0.15, 0.2) is 6.61 Å². The lowest BCUT2D eigenvalue weighted by molar-refractivity contribution is -0.123. The Bertz CT molecular complexity index is 1380. The fraction of sp³-hybridized carbons (Fsp3) is 0.143. The number of pyridine rings is 1. The van der Waals surface area contributed by atoms with Crippen molar-refractivity contribution in [3.05, 3.63) is 120 Å². The highest BCUT2D eigenvalue weighted by atomic mass is 32.2. The molecule has 0 saturated heterocycles. The normalized spacial score (nSPS) is 11.0. The third-order valence-electron chi connectivity index (χ3n) is 5.49. The van der Waals surface area contributed by atoms with Crippen LogP contribution in [0.2, 0.25) is 0 Å². The lowest BCUT2D eigenvalue weighted by atomic mass is 10.2. The van der Waals surface area contributed by atoms with Crippen LogP contribution in [0.5, 0.6) is 5.75 Å². The van der Waals surface area contributed by atoms with Gasteiger partial charge in [0.25, 0.3) is 15.9 Å². The summed E-state index contributed by atoms with van der Waals surface area (Å²) in [7, 11) is -3.82. The summed E-state index contributed by atoms with van der Waals surface area (Å²) in [5.41, 5.74) is 3.23. The molecule has 3 aromatic carbocycles. The molecule has 8 heteroatoms. The Morgan fingerprint density at radius 3 is 2.25 bits per heavy atom. The number of aromatic nitrogens is 1. The molecule has 0 radical (unpaired) electrons. The van der Waals surface area contributed by atoms with Crippen LogP contribution in [0.25, 0.3) is 0 Å². The van der Waals surface area contributed by atoms with Crippen molar-refractivity contribution in [1.82, 2.24) is 10.3 Å². The molecule has 1 N–H and O–H groups in total. The SMILES string of the molecule is Cc1ccc(S(=O)(=O)N(Cc2ccccc2)c2ccc(OCC(=O)NCc3cccnc3)cc2)cc1. The molecule has 7 nitrogen and oxygen atoms in total. The van der Waals surface area contributed by atoms with Gasteiger partial charge < -0.3 is 10.1 Å². The van der Waals surface area contributed by atoms with Crippen molar-refractivity contribution < 1.29 is 17.9 Å². The minimum atomic E-state index is -3.82. The maximum absolute atomic E-state index is 13.6. The van der Waals surface area contributed by atoms with E-state index in [1.807, 2.05) is 43.3 Å². The molecule has 4 aromatic rings. The first kappa shape index (κ1) is 24.9. The molecule has 0 spiro atoms. The zero-order valence-electron chi connectivity index (χ0n) is 19.9. The van der Waals surface area contributed by atoms with Crippen molar-refractivity contribution in [2.24, 2.45) is 0 Å². The predicted molar refractivity (Wildman–Crippen MR) is 139 cm³/mol. The van der Waals surface area contributed by atoms with E-state index in [0.29, 0.717) is 18.0 Å². The molecule has 36 heavy (non-hydrogen) atoms. The van der Waals surface area contributed by atoms with Crippen molar-refractivity contribution in [1.29, 1.82) is 0 Å². The van der Waals surface area contributed by atoms with Crippen molar-refractivity contribution in [2.75, 3.05) is 10.9 Å². The number of nitrogens with one attached hydrogen (secondary N) is 1. The molecule has 1 aromatic heterocycles. The molecule has 0 bridgehead atoms. The minimum Gasteiger partial charge on any atom is -0.484 e. The number of ether oxygens (including phenoxy) is 1. The zero-order chi connectivity index (χ0) is 25.4. The van der Waals surface area contributed by atoms with E-state index in [0.717, 1.165) is 16.7 Å². The van der Waals surface area contributed by atoms with Gasteiger partial charge in [-0.1, -0.05) is 54.1 Å². The number of sulfonamides is 1. The van der Waals surface area contributed by atoms with Crippen LogP contribution in [0.4, 0.5) is 5.69 Å². The van der Waals surface area contributed by atoms with Crippen LogP contribution in [0, 0.1) is 6.92 Å². The van der Waals surface area contributed by atoms with E-state index in [4.69, 9.17) is 4.74 Å². The predicted octanol–water partition coefficient (Wildman–Crippen LogP) is 4.48. The van der Waals surface area contributed by atoms with Gasteiger partial charge in [0.05, 0.1) is 17.1 Å². The average molecular weight is 502 g/mol. The second-order valence-corrected chi connectivity index (χ2v) is 10.1. The molecule has 0 unspecified atom stereocenters. The topological polar surface area (TPSA) is 88.6 Å². The Hall–Kier alpha value is -4.17. The van der Waals surface area contributed by atoms with Crippen molar-refractivity contribution in [2.45, 2.75) is 24.9 Å². The van der Waals surface area contributed by atoms with Gasteiger partial charge >= 0.3 is 0 Å². The Morgan fingerprint density at radius 2 is 1.58 bits per heavy atom. The molecule has 1 amide bonds. The van der Waals surface area contributed by atoms with Gasteiger partial charge in [0.1, 0.15) is 5.75 Å². The van der Waals surface area contributed by atoms with E-state index >= 15 is 0 Å². The van der Waals surface area contributed by atoms with Crippen LogP contribution in [0.3, 0.4) is 0 Å². The summed E-state index contributed by atoms with van der Waals surface area (Å²) < 4.78 is 34.1. The number of hydrogen-bond acceptors (Lipinski definition) is 5. The summed E-state index contributed by atoms with van der Waals surface area (Å²) in [5.74, 6) is 0.193. The lowest BCUT2D eigenvalue weighted by Gasteiger charge is -2.25. The van der Waals surface area contributed by atoms with Crippen LogP contribution in [-0.4, -0.2) is 25.9 Å². The first-order chi connectivity index (χ1) is 17.4. The summed E-state index contributed by atoms with van der Waals surface area (Å²) in [5, 5.41) is 2.78. The van der Waals surface area contributed by atoms with Gasteiger partial charge in [0, 0.05) is 18.9 Å². The summed E-state index contributed by atoms with van der Waals surface area (Å²) in [6.45, 7) is 2.29. The van der Waals surface area contributed by atoms with E-state index in [-0.39, 0.29) is 24.0 Å². The fourth-order valence-corrected chi connectivity index (χ4v) is 4.97. The molecular formula is C28H27N3O4S. The first-order valence-electron chi connectivity index (χ1n) is 11.4. The van der Waals surface area contributed by atoms with Crippen molar-refractivity contribution >= 4 is 21.6 Å². The Balaban J connectivity index is 1.47. The Kier molecular flexibility index (Phi) is 7.97. The molecule has 0 aliphatic rings. The monoisotopic (exact) mass is 501 g/mol. The molecule has 184 valence electrons. The smallest absolute Gasteiger partial charge is 0.264 e. The summed E-state index contributed by atoms with van der Waals surface area (Å²) in [4.78, 5) is 16.4. The van der Waals surface area contributed by atoms with Gasteiger partial charge in [-0.25, -0.2) is 8.42 Å². The number of hydrogen-bond donors (Lipinski definition) is 1. The number of anilines is 1. The van der Waals surface area contributed by atoms with E-state index in [9.17, 15) is 13.2 Å². The third kappa shape index (κ3) is 6.49. The summed E-state index contributed by atoms with van der Waals surface area (Å²) in [6, 6.07) is 26.6. The van der Waals surface area contributed by atoms with Gasteiger partial charge in [-0.3, -0.25) is 14.1 Å². The largest absolute Gasteiger partial charge is 0.484 e. The highest BCUT2D eigenvalue weighted by Gasteiger charge is 2.25. The molecule has 0 fully saturated rings. The number of carbonyl (C=O) groups is 1. The molecule has 0 saturated carbocycles.